The maximum absolute atomic E-state index is 10.7. The van der Waals surface area contributed by atoms with Gasteiger partial charge >= 0.3 is 0 Å². The Bertz CT molecular complexity index is 694. The van der Waals surface area contributed by atoms with Gasteiger partial charge in [-0.1, -0.05) is 30.3 Å². The molecule has 3 rings (SSSR count). The fourth-order valence-corrected chi connectivity index (χ4v) is 2.11. The van der Waals surface area contributed by atoms with Crippen LogP contribution in [0.2, 0.25) is 0 Å². The minimum Gasteiger partial charge on any atom is -0.458 e. The Morgan fingerprint density at radius 3 is 2.65 bits per heavy atom. The summed E-state index contributed by atoms with van der Waals surface area (Å²) in [6.45, 7) is 0. The summed E-state index contributed by atoms with van der Waals surface area (Å²) in [4.78, 5) is 10.3. The Hall–Kier alpha value is -2.66. The first-order valence-corrected chi connectivity index (χ1v) is 6.06. The molecule has 1 atom stereocenters. The molecule has 0 saturated carbocycles. The molecule has 0 saturated heterocycles. The lowest BCUT2D eigenvalue weighted by Crippen LogP contribution is -1.97. The molecule has 1 aliphatic rings. The molecule has 0 radical (unpaired) electrons. The maximum atomic E-state index is 10.7. The van der Waals surface area contributed by atoms with Crippen molar-refractivity contribution in [3.63, 3.8) is 0 Å². The summed E-state index contributed by atoms with van der Waals surface area (Å²) in [5, 5.41) is 20.9. The number of ether oxygens (including phenoxy) is 1. The van der Waals surface area contributed by atoms with Crippen molar-refractivity contribution in [3.8, 4) is 5.75 Å². The summed E-state index contributed by atoms with van der Waals surface area (Å²) in [5.41, 5.74) is 1.25. The van der Waals surface area contributed by atoms with Crippen LogP contribution in [-0.4, -0.2) is 10.0 Å². The molecule has 0 spiro atoms. The second-order valence-corrected chi connectivity index (χ2v) is 4.44. The fourth-order valence-electron chi connectivity index (χ4n) is 2.11. The van der Waals surface area contributed by atoms with Crippen molar-refractivity contribution < 1.29 is 14.8 Å². The zero-order valence-electron chi connectivity index (χ0n) is 10.4. The summed E-state index contributed by atoms with van der Waals surface area (Å²) >= 11 is 0. The van der Waals surface area contributed by atoms with Gasteiger partial charge in [-0.2, -0.15) is 0 Å². The Kier molecular flexibility index (Phi) is 2.96. The van der Waals surface area contributed by atoms with E-state index < -0.39 is 11.0 Å². The Morgan fingerprint density at radius 1 is 1.20 bits per heavy atom. The van der Waals surface area contributed by atoms with Gasteiger partial charge in [0.15, 0.2) is 0 Å². The lowest BCUT2D eigenvalue weighted by molar-refractivity contribution is -0.385. The van der Waals surface area contributed by atoms with Crippen LogP contribution in [0.25, 0.3) is 6.08 Å². The van der Waals surface area contributed by atoms with Crippen LogP contribution in [0.5, 0.6) is 5.75 Å². The highest BCUT2D eigenvalue weighted by atomic mass is 16.6. The average Bonchev–Trinajstić information content (AvgIpc) is 2.76. The van der Waals surface area contributed by atoms with E-state index in [1.54, 1.807) is 6.08 Å². The number of benzene rings is 2. The number of hydrogen-bond acceptors (Lipinski definition) is 4. The Labute approximate surface area is 114 Å². The first-order chi connectivity index (χ1) is 9.65. The lowest BCUT2D eigenvalue weighted by atomic mass is 10.1. The molecule has 5 heteroatoms. The van der Waals surface area contributed by atoms with Gasteiger partial charge in [0.05, 0.1) is 4.92 Å². The summed E-state index contributed by atoms with van der Waals surface area (Å²) in [7, 11) is 0. The molecule has 1 N–H and O–H groups in total. The number of nitrogens with zero attached hydrogens (tertiary/aromatic N) is 1. The summed E-state index contributed by atoms with van der Waals surface area (Å²) in [5.74, 6) is 0.817. The molecule has 20 heavy (non-hydrogen) atoms. The van der Waals surface area contributed by atoms with Crippen LogP contribution in [0.15, 0.2) is 54.3 Å². The van der Waals surface area contributed by atoms with Crippen LogP contribution >= 0.6 is 0 Å². The number of non-ortho nitro benzene ring substituents is 1. The largest absolute Gasteiger partial charge is 0.458 e. The van der Waals surface area contributed by atoms with Gasteiger partial charge in [-0.05, 0) is 17.7 Å². The SMILES string of the molecule is O=[N+]([O-])c1ccc2c(c1)C(O)/C(=C/c1ccccc1)O2. The van der Waals surface area contributed by atoms with Gasteiger partial charge in [-0.3, -0.25) is 10.1 Å². The van der Waals surface area contributed by atoms with Crippen LogP contribution < -0.4 is 4.74 Å². The van der Waals surface area contributed by atoms with Crippen molar-refractivity contribution in [2.24, 2.45) is 0 Å². The second kappa shape index (κ2) is 4.79. The van der Waals surface area contributed by atoms with E-state index in [1.807, 2.05) is 30.3 Å². The molecule has 0 aliphatic carbocycles. The highest BCUT2D eigenvalue weighted by Gasteiger charge is 2.29. The third-order valence-corrected chi connectivity index (χ3v) is 3.10. The molecule has 2 aromatic rings. The van der Waals surface area contributed by atoms with Gasteiger partial charge in [0.1, 0.15) is 17.6 Å². The predicted molar refractivity (Wildman–Crippen MR) is 73.1 cm³/mol. The zero-order valence-corrected chi connectivity index (χ0v) is 10.4. The first-order valence-electron chi connectivity index (χ1n) is 6.06. The smallest absolute Gasteiger partial charge is 0.270 e. The fraction of sp³-hybridized carbons (Fsp3) is 0.0667. The normalized spacial score (nSPS) is 18.6. The standard InChI is InChI=1S/C15H11NO4/c17-15-12-9-11(16(18)19)6-7-13(12)20-14(15)8-10-4-2-1-3-5-10/h1-9,15,17H/b14-8-. The van der Waals surface area contributed by atoms with Crippen molar-refractivity contribution in [3.05, 3.63) is 75.5 Å². The first kappa shape index (κ1) is 12.4. The van der Waals surface area contributed by atoms with E-state index in [9.17, 15) is 15.2 Å². The summed E-state index contributed by atoms with van der Waals surface area (Å²) in [6.07, 6.45) is 0.737. The van der Waals surface area contributed by atoms with E-state index in [0.717, 1.165) is 5.56 Å². The monoisotopic (exact) mass is 269 g/mol. The van der Waals surface area contributed by atoms with Crippen LogP contribution in [-0.2, 0) is 0 Å². The number of rotatable bonds is 2. The van der Waals surface area contributed by atoms with E-state index in [1.165, 1.54) is 18.2 Å². The second-order valence-electron chi connectivity index (χ2n) is 4.44. The number of nitro groups is 1. The molecule has 2 aromatic carbocycles. The molecule has 100 valence electrons. The quantitative estimate of drug-likeness (QED) is 0.671. The molecule has 1 aliphatic heterocycles. The number of aliphatic hydroxyl groups is 1. The van der Waals surface area contributed by atoms with E-state index in [2.05, 4.69) is 0 Å². The maximum Gasteiger partial charge on any atom is 0.270 e. The zero-order chi connectivity index (χ0) is 14.1. The molecule has 0 bridgehead atoms. The Balaban J connectivity index is 1.97. The van der Waals surface area contributed by atoms with Crippen molar-refractivity contribution in [1.29, 1.82) is 0 Å². The van der Waals surface area contributed by atoms with E-state index in [0.29, 0.717) is 17.1 Å². The molecule has 5 nitrogen and oxygen atoms in total. The highest BCUT2D eigenvalue weighted by molar-refractivity contribution is 5.59. The van der Waals surface area contributed by atoms with Crippen LogP contribution in [0.3, 0.4) is 0 Å². The van der Waals surface area contributed by atoms with E-state index in [4.69, 9.17) is 4.74 Å². The van der Waals surface area contributed by atoms with Gasteiger partial charge in [0, 0.05) is 17.7 Å². The van der Waals surface area contributed by atoms with Crippen molar-refractivity contribution >= 4 is 11.8 Å². The molecule has 0 fully saturated rings. The van der Waals surface area contributed by atoms with Crippen molar-refractivity contribution in [2.75, 3.05) is 0 Å². The van der Waals surface area contributed by atoms with Gasteiger partial charge in [-0.15, -0.1) is 0 Å². The van der Waals surface area contributed by atoms with E-state index in [-0.39, 0.29) is 5.69 Å². The molecular formula is C15H11NO4. The molecular weight excluding hydrogens is 258 g/mol. The van der Waals surface area contributed by atoms with Gasteiger partial charge in [-0.25, -0.2) is 0 Å². The average molecular weight is 269 g/mol. The van der Waals surface area contributed by atoms with Crippen molar-refractivity contribution in [1.82, 2.24) is 0 Å². The van der Waals surface area contributed by atoms with Crippen molar-refractivity contribution in [2.45, 2.75) is 6.10 Å². The van der Waals surface area contributed by atoms with Crippen LogP contribution in [0, 0.1) is 10.1 Å². The van der Waals surface area contributed by atoms with Crippen LogP contribution in [0.1, 0.15) is 17.2 Å². The predicted octanol–water partition coefficient (Wildman–Crippen LogP) is 3.06. The number of fused-ring (bicyclic) bond motifs is 1. The molecule has 1 unspecified atom stereocenters. The summed E-state index contributed by atoms with van der Waals surface area (Å²) < 4.78 is 5.55. The molecule has 0 amide bonds. The van der Waals surface area contributed by atoms with Gasteiger partial charge in [0.25, 0.3) is 5.69 Å². The Morgan fingerprint density at radius 2 is 1.95 bits per heavy atom. The number of nitro benzene ring substituents is 1. The number of aliphatic hydroxyl groups excluding tert-OH is 1. The molecule has 1 heterocycles. The van der Waals surface area contributed by atoms with Gasteiger partial charge < -0.3 is 9.84 Å². The third kappa shape index (κ3) is 2.15. The summed E-state index contributed by atoms with van der Waals surface area (Å²) in [6, 6.07) is 13.6. The van der Waals surface area contributed by atoms with Gasteiger partial charge in [0.2, 0.25) is 0 Å². The van der Waals surface area contributed by atoms with Crippen LogP contribution in [0.4, 0.5) is 5.69 Å². The topological polar surface area (TPSA) is 72.6 Å². The highest BCUT2D eigenvalue weighted by Crippen LogP contribution is 2.41. The minimum absolute atomic E-state index is 0.0626. The number of hydrogen-bond donors (Lipinski definition) is 1. The lowest BCUT2D eigenvalue weighted by Gasteiger charge is -2.03. The third-order valence-electron chi connectivity index (χ3n) is 3.10. The minimum atomic E-state index is -0.981. The van der Waals surface area contributed by atoms with E-state index >= 15 is 0 Å². The molecule has 0 aromatic heterocycles.